The van der Waals surface area contributed by atoms with E-state index in [1.165, 1.54) is 5.56 Å². The Hall–Kier alpha value is -2.53. The molecular formula is C20H25NO4. The van der Waals surface area contributed by atoms with Crippen LogP contribution in [-0.4, -0.2) is 32.3 Å². The zero-order valence-electron chi connectivity index (χ0n) is 15.0. The zero-order chi connectivity index (χ0) is 18.1. The van der Waals surface area contributed by atoms with E-state index in [4.69, 9.17) is 14.2 Å². The average molecular weight is 343 g/mol. The van der Waals surface area contributed by atoms with Gasteiger partial charge in [-0.3, -0.25) is 4.79 Å². The number of hydrogen-bond acceptors (Lipinski definition) is 4. The highest BCUT2D eigenvalue weighted by atomic mass is 16.5. The third-order valence-corrected chi connectivity index (χ3v) is 3.67. The Morgan fingerprint density at radius 1 is 0.960 bits per heavy atom. The van der Waals surface area contributed by atoms with Crippen LogP contribution >= 0.6 is 0 Å². The molecule has 0 atom stereocenters. The van der Waals surface area contributed by atoms with Gasteiger partial charge in [0, 0.05) is 18.4 Å². The number of carbonyl (C=O) groups is 1. The summed E-state index contributed by atoms with van der Waals surface area (Å²) in [6.45, 7) is 7.63. The fraction of sp³-hybridized carbons (Fsp3) is 0.350. The Kier molecular flexibility index (Phi) is 7.29. The molecule has 0 heterocycles. The molecule has 2 rings (SSSR count). The molecule has 0 unspecified atom stereocenters. The van der Waals surface area contributed by atoms with Crippen molar-refractivity contribution in [1.29, 1.82) is 0 Å². The van der Waals surface area contributed by atoms with Crippen molar-refractivity contribution < 1.29 is 19.0 Å². The van der Waals surface area contributed by atoms with Crippen LogP contribution in [0.15, 0.2) is 42.5 Å². The van der Waals surface area contributed by atoms with Crippen LogP contribution in [-0.2, 0) is 9.53 Å². The molecule has 0 saturated heterocycles. The summed E-state index contributed by atoms with van der Waals surface area (Å²) in [5.41, 5.74) is 3.00. The molecule has 0 saturated carbocycles. The highest BCUT2D eigenvalue weighted by molar-refractivity contribution is 5.92. The zero-order valence-corrected chi connectivity index (χ0v) is 15.0. The minimum absolute atomic E-state index is 0.0437. The van der Waals surface area contributed by atoms with E-state index in [1.54, 1.807) is 6.07 Å². The predicted molar refractivity (Wildman–Crippen MR) is 98.5 cm³/mol. The molecule has 134 valence electrons. The van der Waals surface area contributed by atoms with Gasteiger partial charge in [0.1, 0.15) is 18.1 Å². The first-order chi connectivity index (χ1) is 12.1. The molecule has 0 aliphatic carbocycles. The maximum atomic E-state index is 12.1. The second-order valence-corrected chi connectivity index (χ2v) is 5.66. The molecule has 1 amide bonds. The van der Waals surface area contributed by atoms with E-state index in [-0.39, 0.29) is 12.5 Å². The summed E-state index contributed by atoms with van der Waals surface area (Å²) >= 11 is 0. The van der Waals surface area contributed by atoms with E-state index in [9.17, 15) is 4.79 Å². The lowest BCUT2D eigenvalue weighted by molar-refractivity contribution is -0.118. The molecule has 2 aromatic carbocycles. The molecule has 0 aromatic heterocycles. The highest BCUT2D eigenvalue weighted by Gasteiger charge is 2.06. The maximum absolute atomic E-state index is 12.1. The first-order valence-electron chi connectivity index (χ1n) is 8.39. The molecule has 0 spiro atoms. The number of amides is 1. The molecule has 1 N–H and O–H groups in total. The Bertz CT molecular complexity index is 700. The fourth-order valence-corrected chi connectivity index (χ4v) is 2.18. The lowest BCUT2D eigenvalue weighted by Crippen LogP contribution is -2.20. The van der Waals surface area contributed by atoms with Crippen molar-refractivity contribution in [2.75, 3.05) is 31.7 Å². The second-order valence-electron chi connectivity index (χ2n) is 5.66. The second kappa shape index (κ2) is 9.69. The van der Waals surface area contributed by atoms with Gasteiger partial charge in [-0.05, 0) is 56.2 Å². The number of carbonyl (C=O) groups excluding carboxylic acids is 1. The number of hydrogen-bond donors (Lipinski definition) is 1. The van der Waals surface area contributed by atoms with Crippen LogP contribution in [0.4, 0.5) is 5.69 Å². The van der Waals surface area contributed by atoms with Crippen molar-refractivity contribution in [3.8, 4) is 11.5 Å². The van der Waals surface area contributed by atoms with Gasteiger partial charge in [0.2, 0.25) is 0 Å². The lowest BCUT2D eigenvalue weighted by Gasteiger charge is -2.10. The summed E-state index contributed by atoms with van der Waals surface area (Å²) in [5.74, 6) is 1.16. The topological polar surface area (TPSA) is 56.8 Å². The lowest BCUT2D eigenvalue weighted by atomic mass is 10.1. The Morgan fingerprint density at radius 3 is 2.52 bits per heavy atom. The molecule has 5 nitrogen and oxygen atoms in total. The summed E-state index contributed by atoms with van der Waals surface area (Å²) in [7, 11) is 0. The van der Waals surface area contributed by atoms with E-state index in [0.29, 0.717) is 37.0 Å². The van der Waals surface area contributed by atoms with E-state index >= 15 is 0 Å². The molecule has 0 aliphatic rings. The van der Waals surface area contributed by atoms with Crippen LogP contribution in [0.1, 0.15) is 18.1 Å². The minimum Gasteiger partial charge on any atom is -0.491 e. The monoisotopic (exact) mass is 343 g/mol. The largest absolute Gasteiger partial charge is 0.491 e. The number of benzene rings is 2. The summed E-state index contributed by atoms with van der Waals surface area (Å²) in [6, 6.07) is 13.0. The van der Waals surface area contributed by atoms with Crippen molar-refractivity contribution in [3.63, 3.8) is 0 Å². The van der Waals surface area contributed by atoms with Gasteiger partial charge in [-0.15, -0.1) is 0 Å². The molecule has 25 heavy (non-hydrogen) atoms. The van der Waals surface area contributed by atoms with Crippen LogP contribution < -0.4 is 14.8 Å². The van der Waals surface area contributed by atoms with E-state index in [1.807, 2.05) is 57.2 Å². The van der Waals surface area contributed by atoms with Crippen molar-refractivity contribution in [2.24, 2.45) is 0 Å². The molecular weight excluding hydrogens is 318 g/mol. The van der Waals surface area contributed by atoms with Crippen LogP contribution in [0.25, 0.3) is 0 Å². The summed E-state index contributed by atoms with van der Waals surface area (Å²) in [6.07, 6.45) is 0. The third kappa shape index (κ3) is 6.47. The van der Waals surface area contributed by atoms with Gasteiger partial charge in [-0.2, -0.15) is 0 Å². The van der Waals surface area contributed by atoms with Crippen LogP contribution in [0, 0.1) is 13.8 Å². The van der Waals surface area contributed by atoms with Gasteiger partial charge in [0.05, 0.1) is 6.61 Å². The molecule has 2 aromatic rings. The highest BCUT2D eigenvalue weighted by Crippen LogP contribution is 2.18. The van der Waals surface area contributed by atoms with Gasteiger partial charge in [-0.25, -0.2) is 0 Å². The van der Waals surface area contributed by atoms with Crippen molar-refractivity contribution in [1.82, 2.24) is 0 Å². The fourth-order valence-electron chi connectivity index (χ4n) is 2.18. The molecule has 0 aliphatic heterocycles. The molecule has 0 fully saturated rings. The number of ether oxygens (including phenoxy) is 3. The number of nitrogens with one attached hydrogen (secondary N) is 1. The summed E-state index contributed by atoms with van der Waals surface area (Å²) in [4.78, 5) is 12.1. The van der Waals surface area contributed by atoms with Crippen LogP contribution in [0.3, 0.4) is 0 Å². The Labute approximate surface area is 148 Å². The molecule has 0 bridgehead atoms. The minimum atomic E-state index is -0.218. The molecule has 5 heteroatoms. The Morgan fingerprint density at radius 2 is 1.76 bits per heavy atom. The van der Waals surface area contributed by atoms with Gasteiger partial charge in [0.15, 0.2) is 6.61 Å². The quantitative estimate of drug-likeness (QED) is 0.705. The average Bonchev–Trinajstić information content (AvgIpc) is 2.60. The first kappa shape index (κ1) is 18.8. The predicted octanol–water partition coefficient (Wildman–Crippen LogP) is 3.74. The third-order valence-electron chi connectivity index (χ3n) is 3.67. The normalized spacial score (nSPS) is 10.4. The standard InChI is InChI=1S/C20H25NO4/c1-4-23-10-11-24-18-7-5-6-17(13-18)21-20(22)14-25-19-9-8-15(2)16(3)12-19/h5-9,12-13H,4,10-11,14H2,1-3H3,(H,21,22). The van der Waals surface area contributed by atoms with Gasteiger partial charge in [-0.1, -0.05) is 12.1 Å². The van der Waals surface area contributed by atoms with Crippen molar-refractivity contribution in [3.05, 3.63) is 53.6 Å². The SMILES string of the molecule is CCOCCOc1cccc(NC(=O)COc2ccc(C)c(C)c2)c1. The first-order valence-corrected chi connectivity index (χ1v) is 8.39. The molecule has 0 radical (unpaired) electrons. The van der Waals surface area contributed by atoms with E-state index in [2.05, 4.69) is 5.32 Å². The Balaban J connectivity index is 1.82. The maximum Gasteiger partial charge on any atom is 0.262 e. The van der Waals surface area contributed by atoms with Crippen molar-refractivity contribution in [2.45, 2.75) is 20.8 Å². The van der Waals surface area contributed by atoms with E-state index in [0.717, 1.165) is 5.56 Å². The van der Waals surface area contributed by atoms with Crippen molar-refractivity contribution >= 4 is 11.6 Å². The van der Waals surface area contributed by atoms with Gasteiger partial charge < -0.3 is 19.5 Å². The number of anilines is 1. The van der Waals surface area contributed by atoms with Gasteiger partial charge in [0.25, 0.3) is 5.91 Å². The number of rotatable bonds is 9. The summed E-state index contributed by atoms with van der Waals surface area (Å²) in [5, 5.41) is 2.80. The smallest absolute Gasteiger partial charge is 0.262 e. The van der Waals surface area contributed by atoms with Crippen LogP contribution in [0.2, 0.25) is 0 Å². The number of aryl methyl sites for hydroxylation is 2. The van der Waals surface area contributed by atoms with E-state index < -0.39 is 0 Å². The van der Waals surface area contributed by atoms with Crippen LogP contribution in [0.5, 0.6) is 11.5 Å². The summed E-state index contributed by atoms with van der Waals surface area (Å²) < 4.78 is 16.3. The van der Waals surface area contributed by atoms with Gasteiger partial charge >= 0.3 is 0 Å².